The molecule has 114 valence electrons. The molecule has 2 aliphatic carbocycles. The van der Waals surface area contributed by atoms with Gasteiger partial charge in [-0.05, 0) is 43.4 Å². The van der Waals surface area contributed by atoms with E-state index in [1.165, 1.54) is 25.7 Å². The Labute approximate surface area is 120 Å². The molecule has 5 heteroatoms. The Morgan fingerprint density at radius 1 is 1.15 bits per heavy atom. The number of hydrogen-bond donors (Lipinski definition) is 2. The van der Waals surface area contributed by atoms with Crippen molar-refractivity contribution in [3.05, 3.63) is 0 Å². The summed E-state index contributed by atoms with van der Waals surface area (Å²) in [4.78, 5) is 11.7. The van der Waals surface area contributed by atoms with Gasteiger partial charge in [0.1, 0.15) is 0 Å². The standard InChI is InChI=1S/C15H26N2O3/c18-15(17-9-14-10-19-5-6-20-14)16-4-3-13-8-11-1-2-12(13)7-11/h11-14H,1-10H2,(H2,16,17,18)/t11-,12-,13-,14+/m0/s1. The fourth-order valence-electron chi connectivity index (χ4n) is 4.02. The molecule has 0 aromatic heterocycles. The van der Waals surface area contributed by atoms with E-state index in [2.05, 4.69) is 10.6 Å². The molecule has 0 aromatic carbocycles. The molecule has 0 aromatic rings. The molecule has 2 saturated carbocycles. The number of rotatable bonds is 5. The van der Waals surface area contributed by atoms with Crippen molar-refractivity contribution in [1.82, 2.24) is 10.6 Å². The number of ether oxygens (including phenoxy) is 2. The third kappa shape index (κ3) is 3.64. The quantitative estimate of drug-likeness (QED) is 0.804. The summed E-state index contributed by atoms with van der Waals surface area (Å²) in [5, 5.41) is 5.82. The number of urea groups is 1. The lowest BCUT2D eigenvalue weighted by molar-refractivity contribution is -0.0853. The molecule has 3 aliphatic rings. The first-order valence-electron chi connectivity index (χ1n) is 8.02. The molecule has 5 nitrogen and oxygen atoms in total. The van der Waals surface area contributed by atoms with Crippen LogP contribution in [0.3, 0.4) is 0 Å². The highest BCUT2D eigenvalue weighted by Crippen LogP contribution is 2.49. The summed E-state index contributed by atoms with van der Waals surface area (Å²) in [6, 6.07) is -0.0812. The second-order valence-electron chi connectivity index (χ2n) is 6.43. The summed E-state index contributed by atoms with van der Waals surface area (Å²) in [6.45, 7) is 3.18. The van der Waals surface area contributed by atoms with Gasteiger partial charge in [0.2, 0.25) is 0 Å². The van der Waals surface area contributed by atoms with Crippen LogP contribution in [0.2, 0.25) is 0 Å². The Morgan fingerprint density at radius 3 is 2.80 bits per heavy atom. The molecule has 1 heterocycles. The average Bonchev–Trinajstić information content (AvgIpc) is 3.09. The largest absolute Gasteiger partial charge is 0.376 e. The van der Waals surface area contributed by atoms with E-state index in [0.29, 0.717) is 26.4 Å². The van der Waals surface area contributed by atoms with Crippen LogP contribution in [-0.2, 0) is 9.47 Å². The lowest BCUT2D eigenvalue weighted by atomic mass is 9.86. The normalized spacial score (nSPS) is 36.0. The van der Waals surface area contributed by atoms with Gasteiger partial charge in [-0.15, -0.1) is 0 Å². The zero-order chi connectivity index (χ0) is 13.8. The molecule has 3 rings (SSSR count). The molecule has 2 N–H and O–H groups in total. The second-order valence-corrected chi connectivity index (χ2v) is 6.43. The molecule has 1 aliphatic heterocycles. The fraction of sp³-hybridized carbons (Fsp3) is 0.933. The van der Waals surface area contributed by atoms with Crippen molar-refractivity contribution >= 4 is 6.03 Å². The van der Waals surface area contributed by atoms with Gasteiger partial charge < -0.3 is 20.1 Å². The van der Waals surface area contributed by atoms with Gasteiger partial charge in [0.25, 0.3) is 0 Å². The number of carbonyl (C=O) groups is 1. The van der Waals surface area contributed by atoms with Gasteiger partial charge >= 0.3 is 6.03 Å². The highest BCUT2D eigenvalue weighted by atomic mass is 16.6. The average molecular weight is 282 g/mol. The maximum absolute atomic E-state index is 11.7. The van der Waals surface area contributed by atoms with Crippen LogP contribution in [0, 0.1) is 17.8 Å². The zero-order valence-electron chi connectivity index (χ0n) is 12.1. The topological polar surface area (TPSA) is 59.6 Å². The van der Waals surface area contributed by atoms with Crippen molar-refractivity contribution in [2.45, 2.75) is 38.2 Å². The van der Waals surface area contributed by atoms with Gasteiger partial charge in [-0.25, -0.2) is 4.79 Å². The van der Waals surface area contributed by atoms with Crippen LogP contribution in [0.5, 0.6) is 0 Å². The van der Waals surface area contributed by atoms with E-state index in [9.17, 15) is 4.79 Å². The number of carbonyl (C=O) groups excluding carboxylic acids is 1. The highest BCUT2D eigenvalue weighted by molar-refractivity contribution is 5.73. The first-order chi connectivity index (χ1) is 9.81. The van der Waals surface area contributed by atoms with Gasteiger partial charge in [-0.3, -0.25) is 0 Å². The number of hydrogen-bond acceptors (Lipinski definition) is 3. The lowest BCUT2D eigenvalue weighted by Crippen LogP contribution is -2.44. The molecular formula is C15H26N2O3. The van der Waals surface area contributed by atoms with Crippen molar-refractivity contribution < 1.29 is 14.3 Å². The van der Waals surface area contributed by atoms with Crippen LogP contribution < -0.4 is 10.6 Å². The molecule has 4 atom stereocenters. The van der Waals surface area contributed by atoms with Crippen LogP contribution in [-0.4, -0.2) is 45.0 Å². The SMILES string of the molecule is O=C(NCC[C@H]1C[C@H]2CC[C@H]1C2)NC[C@@H]1COCCO1. The summed E-state index contributed by atoms with van der Waals surface area (Å²) in [5.74, 6) is 2.78. The van der Waals surface area contributed by atoms with Gasteiger partial charge in [0.15, 0.2) is 0 Å². The first-order valence-corrected chi connectivity index (χ1v) is 8.02. The molecule has 1 saturated heterocycles. The van der Waals surface area contributed by atoms with E-state index in [-0.39, 0.29) is 12.1 Å². The van der Waals surface area contributed by atoms with Gasteiger partial charge in [-0.2, -0.15) is 0 Å². The summed E-state index contributed by atoms with van der Waals surface area (Å²) < 4.78 is 10.8. The van der Waals surface area contributed by atoms with E-state index in [1.807, 2.05) is 0 Å². The minimum Gasteiger partial charge on any atom is -0.376 e. The first kappa shape index (κ1) is 14.1. The van der Waals surface area contributed by atoms with Crippen molar-refractivity contribution in [3.63, 3.8) is 0 Å². The number of nitrogens with one attached hydrogen (secondary N) is 2. The lowest BCUT2D eigenvalue weighted by Gasteiger charge is -2.23. The Balaban J connectivity index is 1.25. The molecule has 0 spiro atoms. The number of amides is 2. The van der Waals surface area contributed by atoms with Crippen LogP contribution in [0.15, 0.2) is 0 Å². The monoisotopic (exact) mass is 282 g/mol. The Morgan fingerprint density at radius 2 is 2.10 bits per heavy atom. The van der Waals surface area contributed by atoms with Crippen molar-refractivity contribution in [3.8, 4) is 0 Å². The van der Waals surface area contributed by atoms with Crippen molar-refractivity contribution in [2.75, 3.05) is 32.9 Å². The van der Waals surface area contributed by atoms with Gasteiger partial charge in [-0.1, -0.05) is 6.42 Å². The highest BCUT2D eigenvalue weighted by Gasteiger charge is 2.38. The minimum absolute atomic E-state index is 0.0000618. The summed E-state index contributed by atoms with van der Waals surface area (Å²) in [6.07, 6.45) is 6.83. The molecule has 0 radical (unpaired) electrons. The molecule has 2 bridgehead atoms. The molecule has 20 heavy (non-hydrogen) atoms. The van der Waals surface area contributed by atoms with Crippen LogP contribution in [0.4, 0.5) is 4.79 Å². The van der Waals surface area contributed by atoms with E-state index in [4.69, 9.17) is 9.47 Å². The maximum Gasteiger partial charge on any atom is 0.314 e. The predicted octanol–water partition coefficient (Wildman–Crippen LogP) is 1.53. The predicted molar refractivity (Wildman–Crippen MR) is 75.5 cm³/mol. The fourth-order valence-corrected chi connectivity index (χ4v) is 4.02. The smallest absolute Gasteiger partial charge is 0.314 e. The maximum atomic E-state index is 11.7. The Kier molecular flexibility index (Phi) is 4.78. The van der Waals surface area contributed by atoms with E-state index < -0.39 is 0 Å². The second kappa shape index (κ2) is 6.76. The third-order valence-electron chi connectivity index (χ3n) is 5.06. The van der Waals surface area contributed by atoms with E-state index >= 15 is 0 Å². The molecule has 0 unspecified atom stereocenters. The van der Waals surface area contributed by atoms with Crippen LogP contribution in [0.1, 0.15) is 32.1 Å². The summed E-state index contributed by atoms with van der Waals surface area (Å²) in [7, 11) is 0. The van der Waals surface area contributed by atoms with Crippen molar-refractivity contribution in [2.24, 2.45) is 17.8 Å². The number of fused-ring (bicyclic) bond motifs is 2. The van der Waals surface area contributed by atoms with E-state index in [1.54, 1.807) is 0 Å². The Bertz CT molecular complexity index is 331. The molecule has 2 amide bonds. The van der Waals surface area contributed by atoms with Gasteiger partial charge in [0, 0.05) is 13.1 Å². The molecular weight excluding hydrogens is 256 g/mol. The summed E-state index contributed by atoms with van der Waals surface area (Å²) >= 11 is 0. The summed E-state index contributed by atoms with van der Waals surface area (Å²) in [5.41, 5.74) is 0. The third-order valence-corrected chi connectivity index (χ3v) is 5.06. The van der Waals surface area contributed by atoms with Crippen LogP contribution in [0.25, 0.3) is 0 Å². The Hall–Kier alpha value is -0.810. The van der Waals surface area contributed by atoms with Crippen molar-refractivity contribution in [1.29, 1.82) is 0 Å². The zero-order valence-corrected chi connectivity index (χ0v) is 12.1. The van der Waals surface area contributed by atoms with E-state index in [0.717, 1.165) is 30.7 Å². The minimum atomic E-state index is -0.0812. The van der Waals surface area contributed by atoms with Gasteiger partial charge in [0.05, 0.1) is 25.9 Å². The van der Waals surface area contributed by atoms with Crippen LogP contribution >= 0.6 is 0 Å². The molecule has 3 fully saturated rings.